The summed E-state index contributed by atoms with van der Waals surface area (Å²) in [6.07, 6.45) is 2.58. The predicted octanol–water partition coefficient (Wildman–Crippen LogP) is 5.53. The topological polar surface area (TPSA) is 29.5 Å². The number of aryl methyl sites for hydroxylation is 2. The fraction of sp³-hybridized carbons (Fsp3) is 0.417. The molecule has 1 atom stereocenters. The van der Waals surface area contributed by atoms with Gasteiger partial charge in [0.05, 0.1) is 12.4 Å². The predicted molar refractivity (Wildman–Crippen MR) is 126 cm³/mol. The number of amides is 1. The molecule has 0 aromatic heterocycles. The first kappa shape index (κ1) is 21.8. The molecule has 3 nitrogen and oxygen atoms in total. The largest absolute Gasteiger partial charge is 0.496 e. The summed E-state index contributed by atoms with van der Waals surface area (Å²) in [5.74, 6) is 1.44. The molecule has 1 amide bonds. The van der Waals surface area contributed by atoms with Gasteiger partial charge >= 0.3 is 0 Å². The maximum Gasteiger partial charge on any atom is 0.241 e. The van der Waals surface area contributed by atoms with Crippen molar-refractivity contribution in [3.63, 3.8) is 0 Å². The van der Waals surface area contributed by atoms with E-state index in [1.165, 1.54) is 28.5 Å². The van der Waals surface area contributed by atoms with Crippen LogP contribution < -0.4 is 4.74 Å². The van der Waals surface area contributed by atoms with Gasteiger partial charge in [0.25, 0.3) is 0 Å². The van der Waals surface area contributed by atoms with Gasteiger partial charge in [-0.25, -0.2) is 0 Å². The molecular weight excluding hydrogens is 398 g/mol. The number of rotatable bonds is 8. The Morgan fingerprint density at radius 1 is 1.21 bits per heavy atom. The van der Waals surface area contributed by atoms with E-state index in [1.54, 1.807) is 12.0 Å². The SMILES string of the molecule is COc1cc(C)c(C[C@@H]2SC(=S)N(CCCc3ccccc3)C2=O)cc1C(C)C. The van der Waals surface area contributed by atoms with Gasteiger partial charge in [0.15, 0.2) is 0 Å². The van der Waals surface area contributed by atoms with Gasteiger partial charge in [-0.2, -0.15) is 0 Å². The minimum Gasteiger partial charge on any atom is -0.496 e. The van der Waals surface area contributed by atoms with Crippen molar-refractivity contribution in [3.8, 4) is 5.75 Å². The molecule has 3 rings (SSSR count). The number of carbonyl (C=O) groups is 1. The monoisotopic (exact) mass is 427 g/mol. The maximum atomic E-state index is 13.0. The maximum absolute atomic E-state index is 13.0. The van der Waals surface area contributed by atoms with Gasteiger partial charge in [-0.1, -0.05) is 74.2 Å². The molecule has 1 saturated heterocycles. The van der Waals surface area contributed by atoms with Gasteiger partial charge in [0.2, 0.25) is 5.91 Å². The highest BCUT2D eigenvalue weighted by Crippen LogP contribution is 2.34. The Hall–Kier alpha value is -1.85. The van der Waals surface area contributed by atoms with E-state index >= 15 is 0 Å². The number of carbonyl (C=O) groups excluding carboxylic acids is 1. The number of thioether (sulfide) groups is 1. The van der Waals surface area contributed by atoms with Crippen LogP contribution in [0.1, 0.15) is 48.4 Å². The third-order valence-electron chi connectivity index (χ3n) is 5.41. The highest BCUT2D eigenvalue weighted by molar-refractivity contribution is 8.24. The molecule has 0 unspecified atom stereocenters. The Balaban J connectivity index is 1.66. The van der Waals surface area contributed by atoms with E-state index < -0.39 is 0 Å². The second kappa shape index (κ2) is 9.77. The lowest BCUT2D eigenvalue weighted by molar-refractivity contribution is -0.126. The van der Waals surface area contributed by atoms with E-state index in [1.807, 2.05) is 6.07 Å². The number of thiocarbonyl (C=S) groups is 1. The van der Waals surface area contributed by atoms with E-state index in [-0.39, 0.29) is 11.2 Å². The van der Waals surface area contributed by atoms with Gasteiger partial charge in [-0.05, 0) is 60.4 Å². The zero-order chi connectivity index (χ0) is 21.0. The zero-order valence-electron chi connectivity index (χ0n) is 17.6. The molecule has 5 heteroatoms. The molecule has 0 N–H and O–H groups in total. The number of methoxy groups -OCH3 is 1. The lowest BCUT2D eigenvalue weighted by Gasteiger charge is -2.18. The molecule has 0 spiro atoms. The minimum absolute atomic E-state index is 0.133. The second-order valence-corrected chi connectivity index (χ2v) is 9.67. The number of hydrogen-bond acceptors (Lipinski definition) is 4. The van der Waals surface area contributed by atoms with E-state index in [0.29, 0.717) is 23.2 Å². The van der Waals surface area contributed by atoms with Crippen molar-refractivity contribution in [2.24, 2.45) is 0 Å². The molecular formula is C24H29NO2S2. The summed E-state index contributed by atoms with van der Waals surface area (Å²) in [5, 5.41) is -0.133. The summed E-state index contributed by atoms with van der Waals surface area (Å²) in [6, 6.07) is 14.7. The Labute approximate surface area is 183 Å². The highest BCUT2D eigenvalue weighted by Gasteiger charge is 2.36. The molecule has 0 aliphatic carbocycles. The van der Waals surface area contributed by atoms with E-state index in [0.717, 1.165) is 24.2 Å². The average Bonchev–Trinajstić information content (AvgIpc) is 2.97. The van der Waals surface area contributed by atoms with Crippen LogP contribution in [0.25, 0.3) is 0 Å². The minimum atomic E-state index is -0.133. The fourth-order valence-corrected chi connectivity index (χ4v) is 5.28. The first-order chi connectivity index (χ1) is 13.9. The molecule has 1 heterocycles. The first-order valence-electron chi connectivity index (χ1n) is 10.1. The van der Waals surface area contributed by atoms with Crippen LogP contribution >= 0.6 is 24.0 Å². The van der Waals surface area contributed by atoms with Gasteiger partial charge < -0.3 is 4.74 Å². The Morgan fingerprint density at radius 2 is 1.93 bits per heavy atom. The quantitative estimate of drug-likeness (QED) is 0.518. The molecule has 1 aliphatic heterocycles. The highest BCUT2D eigenvalue weighted by atomic mass is 32.2. The summed E-state index contributed by atoms with van der Waals surface area (Å²) in [7, 11) is 1.71. The number of hydrogen-bond donors (Lipinski definition) is 0. The van der Waals surface area contributed by atoms with Crippen LogP contribution in [0, 0.1) is 6.92 Å². The van der Waals surface area contributed by atoms with Crippen LogP contribution in [0.4, 0.5) is 0 Å². The number of ether oxygens (including phenoxy) is 1. The van der Waals surface area contributed by atoms with Gasteiger partial charge in [-0.3, -0.25) is 9.69 Å². The first-order valence-corrected chi connectivity index (χ1v) is 11.4. The van der Waals surface area contributed by atoms with Crippen LogP contribution in [0.3, 0.4) is 0 Å². The van der Waals surface area contributed by atoms with Crippen molar-refractivity contribution in [1.82, 2.24) is 4.90 Å². The molecule has 2 aromatic rings. The molecule has 0 saturated carbocycles. The smallest absolute Gasteiger partial charge is 0.241 e. The summed E-state index contributed by atoms with van der Waals surface area (Å²) < 4.78 is 6.26. The van der Waals surface area contributed by atoms with Crippen molar-refractivity contribution in [2.75, 3.05) is 13.7 Å². The summed E-state index contributed by atoms with van der Waals surface area (Å²) in [5.41, 5.74) is 4.84. The Morgan fingerprint density at radius 3 is 2.59 bits per heavy atom. The van der Waals surface area contributed by atoms with Crippen molar-refractivity contribution in [1.29, 1.82) is 0 Å². The Kier molecular flexibility index (Phi) is 7.36. The molecule has 2 aromatic carbocycles. The number of benzene rings is 2. The van der Waals surface area contributed by atoms with Crippen molar-refractivity contribution >= 4 is 34.2 Å². The number of nitrogens with zero attached hydrogens (tertiary/aromatic N) is 1. The fourth-order valence-electron chi connectivity index (χ4n) is 3.71. The van der Waals surface area contributed by atoms with Crippen molar-refractivity contribution in [2.45, 2.75) is 51.2 Å². The lowest BCUT2D eigenvalue weighted by Crippen LogP contribution is -2.33. The normalized spacial score (nSPS) is 16.7. The van der Waals surface area contributed by atoms with Crippen molar-refractivity contribution in [3.05, 3.63) is 64.7 Å². The third-order valence-corrected chi connectivity index (χ3v) is 6.99. The molecule has 29 heavy (non-hydrogen) atoms. The van der Waals surface area contributed by atoms with Crippen LogP contribution in [0.15, 0.2) is 42.5 Å². The second-order valence-electron chi connectivity index (χ2n) is 7.83. The lowest BCUT2D eigenvalue weighted by atomic mass is 9.94. The Bertz CT molecular complexity index is 880. The van der Waals surface area contributed by atoms with E-state index in [9.17, 15) is 4.79 Å². The van der Waals surface area contributed by atoms with E-state index in [2.05, 4.69) is 57.2 Å². The molecule has 1 fully saturated rings. The molecule has 154 valence electrons. The van der Waals surface area contributed by atoms with Crippen LogP contribution in [0.2, 0.25) is 0 Å². The van der Waals surface area contributed by atoms with Gasteiger partial charge in [0.1, 0.15) is 10.1 Å². The summed E-state index contributed by atoms with van der Waals surface area (Å²) in [4.78, 5) is 14.8. The van der Waals surface area contributed by atoms with Gasteiger partial charge in [0, 0.05) is 6.54 Å². The molecule has 0 bridgehead atoms. The van der Waals surface area contributed by atoms with Crippen LogP contribution in [-0.2, 0) is 17.6 Å². The van der Waals surface area contributed by atoms with Crippen LogP contribution in [-0.4, -0.2) is 34.0 Å². The molecule has 0 radical (unpaired) electrons. The van der Waals surface area contributed by atoms with Crippen molar-refractivity contribution < 1.29 is 9.53 Å². The third kappa shape index (κ3) is 5.20. The van der Waals surface area contributed by atoms with Gasteiger partial charge in [-0.15, -0.1) is 0 Å². The zero-order valence-corrected chi connectivity index (χ0v) is 19.2. The summed E-state index contributed by atoms with van der Waals surface area (Å²) in [6.45, 7) is 7.10. The average molecular weight is 428 g/mol. The molecule has 1 aliphatic rings. The summed E-state index contributed by atoms with van der Waals surface area (Å²) >= 11 is 7.06. The van der Waals surface area contributed by atoms with Crippen LogP contribution in [0.5, 0.6) is 5.75 Å². The van der Waals surface area contributed by atoms with E-state index in [4.69, 9.17) is 17.0 Å². The standard InChI is InChI=1S/C24H29NO2S2/c1-16(2)20-14-19(17(3)13-21(20)27-4)15-22-23(26)25(24(28)29-22)12-8-11-18-9-6-5-7-10-18/h5-7,9-10,13-14,16,22H,8,11-12,15H2,1-4H3/t22-/m0/s1.